The topological polar surface area (TPSA) is 47.9 Å². The van der Waals surface area contributed by atoms with Gasteiger partial charge in [-0.25, -0.2) is 0 Å². The summed E-state index contributed by atoms with van der Waals surface area (Å²) in [7, 11) is 3.14. The second-order valence-corrected chi connectivity index (χ2v) is 3.98. The van der Waals surface area contributed by atoms with Gasteiger partial charge in [-0.3, -0.25) is 0 Å². The number of benzene rings is 1. The lowest BCUT2D eigenvalue weighted by Crippen LogP contribution is -2.03. The molecule has 4 nitrogen and oxygen atoms in total. The molecule has 0 aromatic heterocycles. The van der Waals surface area contributed by atoms with Crippen molar-refractivity contribution < 1.29 is 19.3 Å². The highest BCUT2D eigenvalue weighted by Crippen LogP contribution is 2.40. The van der Waals surface area contributed by atoms with Crippen LogP contribution in [-0.4, -0.2) is 32.5 Å². The summed E-state index contributed by atoms with van der Waals surface area (Å²) in [6.07, 6.45) is 0.572. The van der Waals surface area contributed by atoms with E-state index < -0.39 is 0 Å². The number of rotatable bonds is 6. The van der Waals surface area contributed by atoms with E-state index in [1.807, 2.05) is 0 Å². The molecule has 1 rings (SSSR count). The maximum absolute atomic E-state index is 8.69. The summed E-state index contributed by atoms with van der Waals surface area (Å²) in [6.45, 7) is 0.520. The molecule has 90 valence electrons. The van der Waals surface area contributed by atoms with Crippen LogP contribution in [0, 0.1) is 0 Å². The first-order valence-electron chi connectivity index (χ1n) is 4.88. The maximum atomic E-state index is 8.69. The van der Waals surface area contributed by atoms with E-state index in [-0.39, 0.29) is 6.61 Å². The lowest BCUT2D eigenvalue weighted by Gasteiger charge is -2.14. The molecule has 0 spiro atoms. The van der Waals surface area contributed by atoms with Crippen molar-refractivity contribution in [3.63, 3.8) is 0 Å². The van der Waals surface area contributed by atoms with Gasteiger partial charge in [0.15, 0.2) is 11.5 Å². The lowest BCUT2D eigenvalue weighted by molar-refractivity contribution is 0.222. The van der Waals surface area contributed by atoms with Gasteiger partial charge in [-0.2, -0.15) is 0 Å². The molecule has 5 heteroatoms. The minimum atomic E-state index is 0.0984. The zero-order valence-electron chi connectivity index (χ0n) is 9.33. The van der Waals surface area contributed by atoms with Crippen LogP contribution in [0.15, 0.2) is 16.6 Å². The first-order chi connectivity index (χ1) is 7.72. The number of aliphatic hydroxyl groups is 1. The Morgan fingerprint density at radius 2 is 1.75 bits per heavy atom. The van der Waals surface area contributed by atoms with Crippen molar-refractivity contribution in [3.05, 3.63) is 16.6 Å². The van der Waals surface area contributed by atoms with Crippen LogP contribution in [0.2, 0.25) is 0 Å². The molecule has 0 aliphatic carbocycles. The van der Waals surface area contributed by atoms with Gasteiger partial charge < -0.3 is 19.3 Å². The second-order valence-electron chi connectivity index (χ2n) is 3.07. The molecule has 0 saturated carbocycles. The molecule has 0 unspecified atom stereocenters. The van der Waals surface area contributed by atoms with Gasteiger partial charge in [0.25, 0.3) is 0 Å². The Hall–Kier alpha value is -0.940. The fourth-order valence-corrected chi connectivity index (χ4v) is 1.64. The van der Waals surface area contributed by atoms with Crippen LogP contribution >= 0.6 is 15.9 Å². The van der Waals surface area contributed by atoms with Crippen LogP contribution in [0.1, 0.15) is 6.42 Å². The van der Waals surface area contributed by atoms with E-state index in [9.17, 15) is 0 Å². The zero-order chi connectivity index (χ0) is 12.0. The molecular weight excluding hydrogens is 276 g/mol. The van der Waals surface area contributed by atoms with Crippen LogP contribution in [-0.2, 0) is 0 Å². The summed E-state index contributed by atoms with van der Waals surface area (Å²) in [5.74, 6) is 1.76. The standard InChI is InChI=1S/C11H15BrO4/c1-14-9-6-8(12)7-10(15-2)11(9)16-5-3-4-13/h6-7,13H,3-5H2,1-2H3. The zero-order valence-corrected chi connectivity index (χ0v) is 10.9. The Labute approximate surface area is 103 Å². The van der Waals surface area contributed by atoms with Crippen molar-refractivity contribution >= 4 is 15.9 Å². The van der Waals surface area contributed by atoms with Crippen LogP contribution in [0.4, 0.5) is 0 Å². The van der Waals surface area contributed by atoms with Crippen molar-refractivity contribution in [2.24, 2.45) is 0 Å². The third-order valence-corrected chi connectivity index (χ3v) is 2.43. The van der Waals surface area contributed by atoms with Gasteiger partial charge in [-0.15, -0.1) is 0 Å². The quantitative estimate of drug-likeness (QED) is 0.816. The van der Waals surface area contributed by atoms with E-state index in [1.54, 1.807) is 26.4 Å². The first kappa shape index (κ1) is 13.1. The second kappa shape index (κ2) is 6.60. The van der Waals surface area contributed by atoms with Gasteiger partial charge in [0, 0.05) is 17.5 Å². The third-order valence-electron chi connectivity index (χ3n) is 1.97. The third kappa shape index (κ3) is 3.28. The van der Waals surface area contributed by atoms with E-state index >= 15 is 0 Å². The Kier molecular flexibility index (Phi) is 5.42. The van der Waals surface area contributed by atoms with Crippen LogP contribution in [0.5, 0.6) is 17.2 Å². The van der Waals surface area contributed by atoms with E-state index in [0.29, 0.717) is 30.3 Å². The lowest BCUT2D eigenvalue weighted by atomic mass is 10.3. The van der Waals surface area contributed by atoms with Crippen LogP contribution in [0.25, 0.3) is 0 Å². The number of halogens is 1. The summed E-state index contributed by atoms with van der Waals surface area (Å²) in [4.78, 5) is 0. The SMILES string of the molecule is COc1cc(Br)cc(OC)c1OCCCO. The van der Waals surface area contributed by atoms with E-state index in [2.05, 4.69) is 15.9 Å². The van der Waals surface area contributed by atoms with E-state index in [4.69, 9.17) is 19.3 Å². The maximum Gasteiger partial charge on any atom is 0.203 e. The van der Waals surface area contributed by atoms with Gasteiger partial charge in [-0.05, 0) is 12.1 Å². The predicted molar refractivity (Wildman–Crippen MR) is 64.4 cm³/mol. The summed E-state index contributed by atoms with van der Waals surface area (Å²) in [5.41, 5.74) is 0. The average Bonchev–Trinajstić information content (AvgIpc) is 2.30. The summed E-state index contributed by atoms with van der Waals surface area (Å²) in [5, 5.41) is 8.69. The van der Waals surface area contributed by atoms with E-state index in [0.717, 1.165) is 4.47 Å². The molecule has 0 heterocycles. The first-order valence-corrected chi connectivity index (χ1v) is 5.67. The largest absolute Gasteiger partial charge is 0.493 e. The summed E-state index contributed by atoms with van der Waals surface area (Å²) in [6, 6.07) is 3.60. The Morgan fingerprint density at radius 3 is 2.19 bits per heavy atom. The van der Waals surface area contributed by atoms with E-state index in [1.165, 1.54) is 0 Å². The van der Waals surface area contributed by atoms with Crippen molar-refractivity contribution in [2.75, 3.05) is 27.4 Å². The number of aliphatic hydroxyl groups excluding tert-OH is 1. The highest BCUT2D eigenvalue weighted by Gasteiger charge is 2.13. The van der Waals surface area contributed by atoms with Gasteiger partial charge in [0.2, 0.25) is 5.75 Å². The molecule has 0 aliphatic heterocycles. The number of hydrogen-bond acceptors (Lipinski definition) is 4. The predicted octanol–water partition coefficient (Wildman–Crippen LogP) is 2.23. The molecule has 1 aromatic rings. The highest BCUT2D eigenvalue weighted by molar-refractivity contribution is 9.10. The Balaban J connectivity index is 2.93. The van der Waals surface area contributed by atoms with Crippen molar-refractivity contribution in [3.8, 4) is 17.2 Å². The van der Waals surface area contributed by atoms with Crippen molar-refractivity contribution in [2.45, 2.75) is 6.42 Å². The van der Waals surface area contributed by atoms with Gasteiger partial charge in [0.1, 0.15) is 0 Å². The Morgan fingerprint density at radius 1 is 1.19 bits per heavy atom. The Bertz CT molecular complexity index is 316. The van der Waals surface area contributed by atoms with Gasteiger partial charge >= 0.3 is 0 Å². The minimum Gasteiger partial charge on any atom is -0.493 e. The normalized spacial score (nSPS) is 10.0. The molecule has 0 aliphatic rings. The summed E-state index contributed by atoms with van der Waals surface area (Å²) < 4.78 is 16.8. The number of methoxy groups -OCH3 is 2. The fourth-order valence-electron chi connectivity index (χ4n) is 1.23. The molecule has 1 N–H and O–H groups in total. The molecule has 0 fully saturated rings. The van der Waals surface area contributed by atoms with Gasteiger partial charge in [-0.1, -0.05) is 15.9 Å². The molecule has 0 amide bonds. The summed E-state index contributed by atoms with van der Waals surface area (Å²) >= 11 is 3.36. The van der Waals surface area contributed by atoms with Crippen LogP contribution < -0.4 is 14.2 Å². The monoisotopic (exact) mass is 290 g/mol. The highest BCUT2D eigenvalue weighted by atomic mass is 79.9. The number of hydrogen-bond donors (Lipinski definition) is 1. The van der Waals surface area contributed by atoms with Crippen molar-refractivity contribution in [1.29, 1.82) is 0 Å². The molecular formula is C11H15BrO4. The van der Waals surface area contributed by atoms with Crippen molar-refractivity contribution in [1.82, 2.24) is 0 Å². The number of ether oxygens (including phenoxy) is 3. The molecule has 1 aromatic carbocycles. The minimum absolute atomic E-state index is 0.0984. The smallest absolute Gasteiger partial charge is 0.203 e. The molecule has 0 atom stereocenters. The molecule has 0 radical (unpaired) electrons. The average molecular weight is 291 g/mol. The molecule has 0 bridgehead atoms. The fraction of sp³-hybridized carbons (Fsp3) is 0.455. The van der Waals surface area contributed by atoms with Gasteiger partial charge in [0.05, 0.1) is 20.8 Å². The molecule has 16 heavy (non-hydrogen) atoms. The van der Waals surface area contributed by atoms with Crippen LogP contribution in [0.3, 0.4) is 0 Å². The molecule has 0 saturated heterocycles.